The van der Waals surface area contributed by atoms with Gasteiger partial charge < -0.3 is 4.74 Å². The summed E-state index contributed by atoms with van der Waals surface area (Å²) in [6.07, 6.45) is 4.45. The second-order valence-corrected chi connectivity index (χ2v) is 5.49. The van der Waals surface area contributed by atoms with Gasteiger partial charge in [0.05, 0.1) is 10.3 Å². The second kappa shape index (κ2) is 6.37. The van der Waals surface area contributed by atoms with Gasteiger partial charge >= 0.3 is 5.97 Å². The summed E-state index contributed by atoms with van der Waals surface area (Å²) < 4.78 is 5.25. The highest BCUT2D eigenvalue weighted by molar-refractivity contribution is 7.10. The Labute approximate surface area is 134 Å². The predicted molar refractivity (Wildman–Crippen MR) is 87.4 cm³/mol. The van der Waals surface area contributed by atoms with Crippen molar-refractivity contribution in [2.75, 3.05) is 0 Å². The molecule has 23 heavy (non-hydrogen) atoms. The summed E-state index contributed by atoms with van der Waals surface area (Å²) in [5.74, 6) is -0.383. The molecule has 0 radical (unpaired) electrons. The average Bonchev–Trinajstić information content (AvgIpc) is 3.06. The molecular formula is C16H10N2O4S. The fourth-order valence-electron chi connectivity index (χ4n) is 2.05. The molecule has 0 fully saturated rings. The third-order valence-corrected chi connectivity index (χ3v) is 3.88. The first kappa shape index (κ1) is 14.9. The maximum Gasteiger partial charge on any atom is 0.336 e. The van der Waals surface area contributed by atoms with Gasteiger partial charge in [-0.1, -0.05) is 6.07 Å². The smallest absolute Gasteiger partial charge is 0.336 e. The summed E-state index contributed by atoms with van der Waals surface area (Å²) in [5, 5.41) is 13.3. The Hall–Kier alpha value is -3.06. The van der Waals surface area contributed by atoms with Gasteiger partial charge in [0.2, 0.25) is 0 Å². The molecule has 7 heteroatoms. The number of carbonyl (C=O) groups is 1. The van der Waals surface area contributed by atoms with Crippen molar-refractivity contribution in [2.45, 2.75) is 0 Å². The number of rotatable bonds is 4. The number of thiophene rings is 1. The van der Waals surface area contributed by atoms with Crippen LogP contribution < -0.4 is 4.74 Å². The lowest BCUT2D eigenvalue weighted by Gasteiger charge is -2.05. The molecule has 0 aliphatic rings. The molecule has 0 unspecified atom stereocenters. The first-order chi connectivity index (χ1) is 11.1. The van der Waals surface area contributed by atoms with Crippen molar-refractivity contribution >= 4 is 40.0 Å². The molecule has 0 atom stereocenters. The summed E-state index contributed by atoms with van der Waals surface area (Å²) in [4.78, 5) is 27.5. The number of nitro groups is 1. The molecule has 0 aliphatic carbocycles. The minimum Gasteiger partial charge on any atom is -0.421 e. The van der Waals surface area contributed by atoms with Crippen LogP contribution in [0.25, 0.3) is 17.0 Å². The lowest BCUT2D eigenvalue weighted by Crippen LogP contribution is -2.05. The van der Waals surface area contributed by atoms with E-state index < -0.39 is 10.9 Å². The van der Waals surface area contributed by atoms with Gasteiger partial charge in [-0.15, -0.1) is 11.3 Å². The van der Waals surface area contributed by atoms with E-state index in [-0.39, 0.29) is 17.0 Å². The van der Waals surface area contributed by atoms with Crippen molar-refractivity contribution in [2.24, 2.45) is 0 Å². The van der Waals surface area contributed by atoms with Crippen LogP contribution in [0.1, 0.15) is 4.88 Å². The van der Waals surface area contributed by atoms with Crippen LogP contribution in [0.15, 0.2) is 54.1 Å². The van der Waals surface area contributed by atoms with Crippen molar-refractivity contribution < 1.29 is 14.5 Å². The molecule has 0 aliphatic heterocycles. The molecular weight excluding hydrogens is 316 g/mol. The third kappa shape index (κ3) is 3.24. The van der Waals surface area contributed by atoms with Gasteiger partial charge in [-0.25, -0.2) is 4.79 Å². The van der Waals surface area contributed by atoms with Crippen LogP contribution in [0.5, 0.6) is 5.75 Å². The summed E-state index contributed by atoms with van der Waals surface area (Å²) in [7, 11) is 0. The Morgan fingerprint density at radius 3 is 2.87 bits per heavy atom. The van der Waals surface area contributed by atoms with E-state index in [0.717, 1.165) is 4.88 Å². The zero-order valence-corrected chi connectivity index (χ0v) is 12.5. The number of nitrogens with zero attached hydrogens (tertiary/aromatic N) is 2. The number of hydrogen-bond donors (Lipinski definition) is 0. The van der Waals surface area contributed by atoms with Crippen molar-refractivity contribution in [3.05, 3.63) is 69.0 Å². The quantitative estimate of drug-likeness (QED) is 0.239. The Morgan fingerprint density at radius 1 is 1.26 bits per heavy atom. The normalized spacial score (nSPS) is 11.0. The van der Waals surface area contributed by atoms with E-state index in [2.05, 4.69) is 4.98 Å². The molecule has 3 aromatic rings. The van der Waals surface area contributed by atoms with Gasteiger partial charge in [-0.05, 0) is 35.7 Å². The van der Waals surface area contributed by atoms with Crippen LogP contribution in [0, 0.1) is 10.1 Å². The molecule has 0 amide bonds. The minimum atomic E-state index is -0.570. The van der Waals surface area contributed by atoms with E-state index >= 15 is 0 Å². The largest absolute Gasteiger partial charge is 0.421 e. The number of ether oxygens (including phenoxy) is 1. The van der Waals surface area contributed by atoms with E-state index in [1.807, 2.05) is 17.5 Å². The minimum absolute atomic E-state index is 0.0815. The number of non-ortho nitro benzene ring substituents is 1. The van der Waals surface area contributed by atoms with Gasteiger partial charge in [0.1, 0.15) is 5.52 Å². The molecule has 114 valence electrons. The summed E-state index contributed by atoms with van der Waals surface area (Å²) in [6, 6.07) is 9.59. The van der Waals surface area contributed by atoms with Crippen LogP contribution in [-0.2, 0) is 4.79 Å². The lowest BCUT2D eigenvalue weighted by molar-refractivity contribution is -0.383. The predicted octanol–water partition coefficient (Wildman–Crippen LogP) is 3.82. The number of nitro benzene ring substituents is 1. The highest BCUT2D eigenvalue weighted by atomic mass is 32.1. The van der Waals surface area contributed by atoms with Crippen LogP contribution in [0.4, 0.5) is 5.69 Å². The van der Waals surface area contributed by atoms with Gasteiger partial charge in [0.15, 0.2) is 5.75 Å². The maximum absolute atomic E-state index is 11.9. The highest BCUT2D eigenvalue weighted by Crippen LogP contribution is 2.31. The molecule has 0 saturated heterocycles. The average molecular weight is 326 g/mol. The molecule has 2 heterocycles. The van der Waals surface area contributed by atoms with Gasteiger partial charge in [-0.2, -0.15) is 0 Å². The fraction of sp³-hybridized carbons (Fsp3) is 0. The second-order valence-electron chi connectivity index (χ2n) is 4.51. The molecule has 3 rings (SSSR count). The molecule has 0 N–H and O–H groups in total. The monoisotopic (exact) mass is 326 g/mol. The molecule has 0 saturated carbocycles. The first-order valence-corrected chi connectivity index (χ1v) is 7.48. The lowest BCUT2D eigenvalue weighted by atomic mass is 10.1. The van der Waals surface area contributed by atoms with E-state index in [0.29, 0.717) is 5.39 Å². The van der Waals surface area contributed by atoms with Gasteiger partial charge in [0.25, 0.3) is 5.69 Å². The number of pyridine rings is 1. The van der Waals surface area contributed by atoms with Gasteiger partial charge in [-0.3, -0.25) is 15.1 Å². The fourth-order valence-corrected chi connectivity index (χ4v) is 2.67. The number of fused-ring (bicyclic) bond motifs is 1. The Morgan fingerprint density at radius 2 is 2.13 bits per heavy atom. The van der Waals surface area contributed by atoms with Crippen molar-refractivity contribution in [3.63, 3.8) is 0 Å². The van der Waals surface area contributed by atoms with Gasteiger partial charge in [0, 0.05) is 23.2 Å². The van der Waals surface area contributed by atoms with Crippen LogP contribution in [0.3, 0.4) is 0 Å². The number of esters is 1. The summed E-state index contributed by atoms with van der Waals surface area (Å²) >= 11 is 1.50. The maximum atomic E-state index is 11.9. The Kier molecular flexibility index (Phi) is 4.11. The molecule has 1 aromatic carbocycles. The number of benzene rings is 1. The first-order valence-electron chi connectivity index (χ1n) is 6.60. The Balaban J connectivity index is 1.90. The topological polar surface area (TPSA) is 82.3 Å². The molecule has 2 aromatic heterocycles. The molecule has 0 bridgehead atoms. The van der Waals surface area contributed by atoms with Crippen molar-refractivity contribution in [1.82, 2.24) is 4.98 Å². The zero-order valence-electron chi connectivity index (χ0n) is 11.7. The SMILES string of the molecule is O=C(/C=C/c1cccs1)Oc1ccc([N+](=O)[O-])c2cccnc12. The van der Waals surface area contributed by atoms with E-state index in [4.69, 9.17) is 4.74 Å². The zero-order chi connectivity index (χ0) is 16.2. The van der Waals surface area contributed by atoms with Crippen molar-refractivity contribution in [1.29, 1.82) is 0 Å². The number of aromatic nitrogens is 1. The van der Waals surface area contributed by atoms with Crippen molar-refractivity contribution in [3.8, 4) is 5.75 Å². The van der Waals surface area contributed by atoms with E-state index in [9.17, 15) is 14.9 Å². The standard InChI is InChI=1S/C16H10N2O4S/c19-15(8-5-11-3-2-10-23-11)22-14-7-6-13(18(20)21)12-4-1-9-17-16(12)14/h1-10H/b8-5+. The summed E-state index contributed by atoms with van der Waals surface area (Å²) in [6.45, 7) is 0. The Bertz CT molecular complexity index is 904. The molecule has 0 spiro atoms. The summed E-state index contributed by atoms with van der Waals surface area (Å²) in [5.41, 5.74) is 0.196. The van der Waals surface area contributed by atoms with Crippen LogP contribution >= 0.6 is 11.3 Å². The van der Waals surface area contributed by atoms with E-state index in [1.165, 1.54) is 35.7 Å². The molecule has 6 nitrogen and oxygen atoms in total. The third-order valence-electron chi connectivity index (χ3n) is 3.04. The van der Waals surface area contributed by atoms with E-state index in [1.54, 1.807) is 18.2 Å². The number of carbonyl (C=O) groups excluding carboxylic acids is 1. The van der Waals surface area contributed by atoms with Crippen LogP contribution in [-0.4, -0.2) is 15.9 Å². The highest BCUT2D eigenvalue weighted by Gasteiger charge is 2.16. The number of hydrogen-bond acceptors (Lipinski definition) is 6. The van der Waals surface area contributed by atoms with Crippen LogP contribution in [0.2, 0.25) is 0 Å².